The lowest BCUT2D eigenvalue weighted by atomic mass is 10.1. The van der Waals surface area contributed by atoms with Crippen LogP contribution in [0.3, 0.4) is 0 Å². The Kier molecular flexibility index (Phi) is 3.22. The zero-order chi connectivity index (χ0) is 10.8. The molecule has 82 valence electrons. The second-order valence-electron chi connectivity index (χ2n) is 3.79. The van der Waals surface area contributed by atoms with Crippen molar-refractivity contribution in [2.24, 2.45) is 5.73 Å². The molecule has 1 aliphatic rings. The highest BCUT2D eigenvalue weighted by atomic mass is 32.2. The number of hydrogen-bond acceptors (Lipinski definition) is 3. The standard InChI is InChI=1S/C12H17NOS/c1-3-15-11-6-8-4-5-9(14-2)7-10(8)12(11)13/h4-5,7,11-12H,3,6,13H2,1-2H3. The van der Waals surface area contributed by atoms with Crippen LogP contribution in [0, 0.1) is 0 Å². The minimum Gasteiger partial charge on any atom is -0.497 e. The van der Waals surface area contributed by atoms with E-state index < -0.39 is 0 Å². The monoisotopic (exact) mass is 223 g/mol. The van der Waals surface area contributed by atoms with Crippen molar-refractivity contribution in [2.75, 3.05) is 12.9 Å². The summed E-state index contributed by atoms with van der Waals surface area (Å²) >= 11 is 1.95. The molecule has 2 unspecified atom stereocenters. The molecule has 0 bridgehead atoms. The Morgan fingerprint density at radius 3 is 3.00 bits per heavy atom. The van der Waals surface area contributed by atoms with Gasteiger partial charge in [-0.1, -0.05) is 13.0 Å². The van der Waals surface area contributed by atoms with Crippen LogP contribution in [0.1, 0.15) is 24.1 Å². The second kappa shape index (κ2) is 4.45. The van der Waals surface area contributed by atoms with Crippen LogP contribution in [0.4, 0.5) is 0 Å². The largest absolute Gasteiger partial charge is 0.497 e. The van der Waals surface area contributed by atoms with Crippen LogP contribution >= 0.6 is 11.8 Å². The van der Waals surface area contributed by atoms with Gasteiger partial charge in [0.15, 0.2) is 0 Å². The molecule has 0 saturated heterocycles. The van der Waals surface area contributed by atoms with E-state index in [1.807, 2.05) is 17.8 Å². The van der Waals surface area contributed by atoms with E-state index in [0.717, 1.165) is 17.9 Å². The molecule has 0 aromatic heterocycles. The first-order valence-corrected chi connectivity index (χ1v) is 6.35. The maximum atomic E-state index is 6.22. The highest BCUT2D eigenvalue weighted by Crippen LogP contribution is 2.38. The van der Waals surface area contributed by atoms with E-state index in [1.54, 1.807) is 7.11 Å². The van der Waals surface area contributed by atoms with E-state index in [0.29, 0.717) is 5.25 Å². The summed E-state index contributed by atoms with van der Waals surface area (Å²) in [5.41, 5.74) is 8.87. The van der Waals surface area contributed by atoms with E-state index in [1.165, 1.54) is 11.1 Å². The van der Waals surface area contributed by atoms with Crippen LogP contribution < -0.4 is 10.5 Å². The van der Waals surface area contributed by atoms with Gasteiger partial charge in [0.25, 0.3) is 0 Å². The summed E-state index contributed by atoms with van der Waals surface area (Å²) in [5.74, 6) is 2.04. The molecule has 0 heterocycles. The van der Waals surface area contributed by atoms with Crippen LogP contribution in [0.5, 0.6) is 5.75 Å². The zero-order valence-corrected chi connectivity index (χ0v) is 10.0. The molecule has 0 aliphatic heterocycles. The molecule has 0 saturated carbocycles. The molecule has 1 aliphatic carbocycles. The topological polar surface area (TPSA) is 35.2 Å². The fraction of sp³-hybridized carbons (Fsp3) is 0.500. The van der Waals surface area contributed by atoms with Gasteiger partial charge in [-0.3, -0.25) is 0 Å². The Morgan fingerprint density at radius 2 is 2.33 bits per heavy atom. The van der Waals surface area contributed by atoms with Gasteiger partial charge in [0, 0.05) is 11.3 Å². The molecule has 0 radical (unpaired) electrons. The predicted octanol–water partition coefficient (Wildman–Crippen LogP) is 2.37. The molecule has 1 aromatic carbocycles. The van der Waals surface area contributed by atoms with E-state index in [-0.39, 0.29) is 6.04 Å². The van der Waals surface area contributed by atoms with E-state index in [9.17, 15) is 0 Å². The zero-order valence-electron chi connectivity index (χ0n) is 9.19. The Hall–Kier alpha value is -0.670. The Morgan fingerprint density at radius 1 is 1.53 bits per heavy atom. The summed E-state index contributed by atoms with van der Waals surface area (Å²) < 4.78 is 5.22. The summed E-state index contributed by atoms with van der Waals surface area (Å²) in [5, 5.41) is 0.539. The minimum atomic E-state index is 0.167. The lowest BCUT2D eigenvalue weighted by Gasteiger charge is -2.14. The average molecular weight is 223 g/mol. The van der Waals surface area contributed by atoms with Gasteiger partial charge in [0.05, 0.1) is 7.11 Å². The summed E-state index contributed by atoms with van der Waals surface area (Å²) in [6.07, 6.45) is 1.10. The number of benzene rings is 1. The van der Waals surface area contributed by atoms with Gasteiger partial charge >= 0.3 is 0 Å². The molecule has 0 amide bonds. The predicted molar refractivity (Wildman–Crippen MR) is 65.5 cm³/mol. The van der Waals surface area contributed by atoms with Gasteiger partial charge < -0.3 is 10.5 Å². The van der Waals surface area contributed by atoms with Gasteiger partial charge in [0.1, 0.15) is 5.75 Å². The molecule has 0 spiro atoms. The van der Waals surface area contributed by atoms with Crippen molar-refractivity contribution < 1.29 is 4.74 Å². The maximum absolute atomic E-state index is 6.22. The highest BCUT2D eigenvalue weighted by Gasteiger charge is 2.29. The third-order valence-electron chi connectivity index (χ3n) is 2.91. The lowest BCUT2D eigenvalue weighted by molar-refractivity contribution is 0.414. The fourth-order valence-corrected chi connectivity index (χ4v) is 3.20. The third-order valence-corrected chi connectivity index (χ3v) is 4.14. The molecule has 15 heavy (non-hydrogen) atoms. The Balaban J connectivity index is 2.25. The third kappa shape index (κ3) is 1.99. The summed E-state index contributed by atoms with van der Waals surface area (Å²) in [4.78, 5) is 0. The molecule has 2 nitrogen and oxygen atoms in total. The molecule has 2 N–H and O–H groups in total. The number of hydrogen-bond donors (Lipinski definition) is 1. The molecular formula is C12H17NOS. The first-order valence-electron chi connectivity index (χ1n) is 5.30. The smallest absolute Gasteiger partial charge is 0.119 e. The maximum Gasteiger partial charge on any atom is 0.119 e. The van der Waals surface area contributed by atoms with Crippen molar-refractivity contribution in [3.8, 4) is 5.75 Å². The van der Waals surface area contributed by atoms with Crippen molar-refractivity contribution in [3.63, 3.8) is 0 Å². The Bertz CT molecular complexity index is 353. The van der Waals surface area contributed by atoms with Crippen LogP contribution in [0.15, 0.2) is 18.2 Å². The average Bonchev–Trinajstić information content (AvgIpc) is 2.56. The minimum absolute atomic E-state index is 0.167. The number of methoxy groups -OCH3 is 1. The van der Waals surface area contributed by atoms with E-state index in [4.69, 9.17) is 10.5 Å². The number of ether oxygens (including phenoxy) is 1. The van der Waals surface area contributed by atoms with Crippen molar-refractivity contribution in [2.45, 2.75) is 24.6 Å². The van der Waals surface area contributed by atoms with Crippen molar-refractivity contribution in [3.05, 3.63) is 29.3 Å². The summed E-state index contributed by atoms with van der Waals surface area (Å²) in [6.45, 7) is 2.18. The first kappa shape index (κ1) is 10.8. The van der Waals surface area contributed by atoms with Crippen molar-refractivity contribution in [1.29, 1.82) is 0 Å². The normalized spacial score (nSPS) is 23.9. The molecular weight excluding hydrogens is 206 g/mol. The van der Waals surface area contributed by atoms with Gasteiger partial charge in [-0.15, -0.1) is 0 Å². The molecule has 2 rings (SSSR count). The summed E-state index contributed by atoms with van der Waals surface area (Å²) in [7, 11) is 1.69. The van der Waals surface area contributed by atoms with Gasteiger partial charge in [-0.2, -0.15) is 11.8 Å². The molecule has 1 aromatic rings. The highest BCUT2D eigenvalue weighted by molar-refractivity contribution is 7.99. The fourth-order valence-electron chi connectivity index (χ4n) is 2.12. The van der Waals surface area contributed by atoms with Crippen LogP contribution in [0.2, 0.25) is 0 Å². The molecule has 2 atom stereocenters. The molecule has 3 heteroatoms. The lowest BCUT2D eigenvalue weighted by Crippen LogP contribution is -2.19. The SMILES string of the molecule is CCSC1Cc2ccc(OC)cc2C1N. The number of fused-ring (bicyclic) bond motifs is 1. The first-order chi connectivity index (χ1) is 7.26. The van der Waals surface area contributed by atoms with Crippen LogP contribution in [-0.2, 0) is 6.42 Å². The quantitative estimate of drug-likeness (QED) is 0.854. The van der Waals surface area contributed by atoms with E-state index in [2.05, 4.69) is 19.1 Å². The van der Waals surface area contributed by atoms with Crippen LogP contribution in [-0.4, -0.2) is 18.1 Å². The Labute approximate surface area is 95.2 Å². The van der Waals surface area contributed by atoms with E-state index >= 15 is 0 Å². The summed E-state index contributed by atoms with van der Waals surface area (Å²) in [6, 6.07) is 6.41. The second-order valence-corrected chi connectivity index (χ2v) is 5.30. The van der Waals surface area contributed by atoms with Crippen LogP contribution in [0.25, 0.3) is 0 Å². The number of nitrogens with two attached hydrogens (primary N) is 1. The molecule has 0 fully saturated rings. The van der Waals surface area contributed by atoms with Gasteiger partial charge in [0.2, 0.25) is 0 Å². The van der Waals surface area contributed by atoms with Gasteiger partial charge in [-0.05, 0) is 35.4 Å². The van der Waals surface area contributed by atoms with Gasteiger partial charge in [-0.25, -0.2) is 0 Å². The number of thioether (sulfide) groups is 1. The number of rotatable bonds is 3. The van der Waals surface area contributed by atoms with Crippen molar-refractivity contribution in [1.82, 2.24) is 0 Å². The van der Waals surface area contributed by atoms with Crippen molar-refractivity contribution >= 4 is 11.8 Å².